The molecule has 0 fully saturated rings. The zero-order chi connectivity index (χ0) is 24.8. The maximum atomic E-state index is 12.2. The number of carbonyl (C=O) groups excluding carboxylic acids is 1. The first-order chi connectivity index (χ1) is 16.9. The van der Waals surface area contributed by atoms with Crippen LogP contribution in [0.2, 0.25) is 0 Å². The molecule has 0 heterocycles. The number of hydrogen-bond acceptors (Lipinski definition) is 5. The molecule has 0 bridgehead atoms. The van der Waals surface area contributed by atoms with Crippen molar-refractivity contribution in [1.29, 1.82) is 0 Å². The van der Waals surface area contributed by atoms with Gasteiger partial charge >= 0.3 is 12.1 Å². The molecule has 1 amide bonds. The molecular weight excluding hydrogens is 448 g/mol. The summed E-state index contributed by atoms with van der Waals surface area (Å²) in [6.07, 6.45) is -0.662. The van der Waals surface area contributed by atoms with E-state index in [2.05, 4.69) is 41.4 Å². The fourth-order valence-corrected chi connectivity index (χ4v) is 4.17. The smallest absolute Gasteiger partial charge is 0.407 e. The normalized spacial score (nSPS) is 11.5. The van der Waals surface area contributed by atoms with Crippen LogP contribution in [0.5, 0.6) is 0 Å². The Bertz CT molecular complexity index is 1310. The lowest BCUT2D eigenvalue weighted by atomic mass is 9.98. The molecule has 3 aromatic carbocycles. The van der Waals surface area contributed by atoms with Crippen LogP contribution in [0.4, 0.5) is 10.5 Å². The minimum Gasteiger partial charge on any atom is -0.481 e. The molecule has 0 aromatic heterocycles. The minimum atomic E-state index is -1.15. The molecule has 0 spiro atoms. The second-order valence-electron chi connectivity index (χ2n) is 7.98. The summed E-state index contributed by atoms with van der Waals surface area (Å²) >= 11 is 0. The van der Waals surface area contributed by atoms with Crippen LogP contribution in [0.25, 0.3) is 11.1 Å². The molecule has 0 atom stereocenters. The maximum Gasteiger partial charge on any atom is 0.407 e. The Labute approximate surface area is 201 Å². The van der Waals surface area contributed by atoms with Gasteiger partial charge in [-0.25, -0.2) is 4.79 Å². The predicted molar refractivity (Wildman–Crippen MR) is 129 cm³/mol. The number of nitrogens with zero attached hydrogens (tertiary/aromatic N) is 1. The van der Waals surface area contributed by atoms with Crippen molar-refractivity contribution in [1.82, 2.24) is 5.32 Å². The average Bonchev–Trinajstić information content (AvgIpc) is 3.16. The summed E-state index contributed by atoms with van der Waals surface area (Å²) in [4.78, 5) is 33.6. The van der Waals surface area contributed by atoms with Gasteiger partial charge in [-0.2, -0.15) is 0 Å². The summed E-state index contributed by atoms with van der Waals surface area (Å²) in [6, 6.07) is 20.4. The number of nitro benzene ring substituents is 1. The summed E-state index contributed by atoms with van der Waals surface area (Å²) in [7, 11) is 0. The van der Waals surface area contributed by atoms with Crippen LogP contribution in [0.15, 0.2) is 66.7 Å². The Morgan fingerprint density at radius 3 is 2.31 bits per heavy atom. The van der Waals surface area contributed by atoms with Gasteiger partial charge < -0.3 is 15.2 Å². The number of nitro groups is 1. The van der Waals surface area contributed by atoms with Crippen molar-refractivity contribution in [3.05, 3.63) is 99.1 Å². The molecule has 8 heteroatoms. The molecule has 0 unspecified atom stereocenters. The van der Waals surface area contributed by atoms with Crippen LogP contribution in [0.1, 0.15) is 34.6 Å². The largest absolute Gasteiger partial charge is 0.481 e. The molecular formula is C27H22N2O6. The molecule has 0 radical (unpaired) electrons. The molecule has 35 heavy (non-hydrogen) atoms. The van der Waals surface area contributed by atoms with E-state index in [1.807, 2.05) is 24.3 Å². The predicted octanol–water partition coefficient (Wildman–Crippen LogP) is 4.50. The van der Waals surface area contributed by atoms with Crippen LogP contribution >= 0.6 is 0 Å². The quantitative estimate of drug-likeness (QED) is 0.227. The van der Waals surface area contributed by atoms with Gasteiger partial charge in [-0.1, -0.05) is 66.4 Å². The molecule has 3 aromatic rings. The summed E-state index contributed by atoms with van der Waals surface area (Å²) in [6.45, 7) is 0.473. The minimum absolute atomic E-state index is 0.0205. The average molecular weight is 470 g/mol. The van der Waals surface area contributed by atoms with Gasteiger partial charge in [0.15, 0.2) is 0 Å². The number of amides is 1. The Morgan fingerprint density at radius 2 is 1.69 bits per heavy atom. The molecule has 0 aliphatic heterocycles. The van der Waals surface area contributed by atoms with Crippen molar-refractivity contribution in [3.63, 3.8) is 0 Å². The van der Waals surface area contributed by atoms with Gasteiger partial charge in [-0.15, -0.1) is 0 Å². The van der Waals surface area contributed by atoms with E-state index in [9.17, 15) is 19.7 Å². The van der Waals surface area contributed by atoms with E-state index in [-0.39, 0.29) is 30.3 Å². The third-order valence-electron chi connectivity index (χ3n) is 5.72. The lowest BCUT2D eigenvalue weighted by Crippen LogP contribution is -2.26. The zero-order valence-electron chi connectivity index (χ0n) is 18.7. The lowest BCUT2D eigenvalue weighted by molar-refractivity contribution is -0.385. The van der Waals surface area contributed by atoms with E-state index in [4.69, 9.17) is 9.84 Å². The van der Waals surface area contributed by atoms with Crippen LogP contribution in [0, 0.1) is 22.0 Å². The first kappa shape index (κ1) is 23.5. The highest BCUT2D eigenvalue weighted by atomic mass is 16.6. The van der Waals surface area contributed by atoms with Gasteiger partial charge in [-0.05, 0) is 28.3 Å². The van der Waals surface area contributed by atoms with Gasteiger partial charge in [-0.3, -0.25) is 14.9 Å². The number of carboxylic acids is 1. The molecule has 1 aliphatic rings. The van der Waals surface area contributed by atoms with Gasteiger partial charge in [0, 0.05) is 36.1 Å². The number of ether oxygens (including phenoxy) is 1. The van der Waals surface area contributed by atoms with Gasteiger partial charge in [0.1, 0.15) is 6.61 Å². The molecule has 8 nitrogen and oxygen atoms in total. The molecule has 0 saturated heterocycles. The Kier molecular flexibility index (Phi) is 7.07. The van der Waals surface area contributed by atoms with Crippen LogP contribution < -0.4 is 5.32 Å². The second-order valence-corrected chi connectivity index (χ2v) is 7.98. The Morgan fingerprint density at radius 1 is 1.03 bits per heavy atom. The fourth-order valence-electron chi connectivity index (χ4n) is 4.17. The number of hydrogen-bond donors (Lipinski definition) is 2. The molecule has 2 N–H and O–H groups in total. The lowest BCUT2D eigenvalue weighted by Gasteiger charge is -2.14. The number of fused-ring (bicyclic) bond motifs is 3. The number of benzene rings is 3. The summed E-state index contributed by atoms with van der Waals surface area (Å²) in [5, 5.41) is 22.7. The van der Waals surface area contributed by atoms with E-state index >= 15 is 0 Å². The summed E-state index contributed by atoms with van der Waals surface area (Å²) in [5.41, 5.74) is 4.81. The maximum absolute atomic E-state index is 12.2. The first-order valence-electron chi connectivity index (χ1n) is 11.0. The van der Waals surface area contributed by atoms with Gasteiger partial charge in [0.2, 0.25) is 0 Å². The number of rotatable bonds is 7. The first-order valence-corrected chi connectivity index (χ1v) is 11.0. The number of nitrogens with one attached hydrogen (secondary N) is 1. The monoisotopic (exact) mass is 470 g/mol. The Balaban J connectivity index is 1.29. The van der Waals surface area contributed by atoms with E-state index < -0.39 is 23.4 Å². The third-order valence-corrected chi connectivity index (χ3v) is 5.72. The van der Waals surface area contributed by atoms with Crippen LogP contribution in [-0.4, -0.2) is 35.2 Å². The van der Waals surface area contributed by atoms with E-state index in [1.54, 1.807) is 0 Å². The highest BCUT2D eigenvalue weighted by Crippen LogP contribution is 2.44. The fraction of sp³-hybridized carbons (Fsp3) is 0.185. The van der Waals surface area contributed by atoms with Crippen molar-refractivity contribution in [2.24, 2.45) is 0 Å². The third kappa shape index (κ3) is 5.47. The van der Waals surface area contributed by atoms with Crippen molar-refractivity contribution in [2.45, 2.75) is 18.8 Å². The van der Waals surface area contributed by atoms with E-state index in [0.29, 0.717) is 12.0 Å². The molecule has 4 rings (SSSR count). The van der Waals surface area contributed by atoms with Crippen molar-refractivity contribution in [3.8, 4) is 23.0 Å². The topological polar surface area (TPSA) is 119 Å². The second kappa shape index (κ2) is 10.5. The van der Waals surface area contributed by atoms with E-state index in [0.717, 1.165) is 22.3 Å². The number of aliphatic carboxylic acids is 1. The number of carboxylic acid groups (broad SMARTS) is 1. The van der Waals surface area contributed by atoms with Crippen molar-refractivity contribution < 1.29 is 24.4 Å². The molecule has 176 valence electrons. The number of carbonyl (C=O) groups is 2. The molecule has 0 saturated carbocycles. The number of alkyl carbamates (subject to hydrolysis) is 1. The SMILES string of the molecule is O=C(O)Cc1ccc(C#CCCNC(=O)OCC2c3ccccc3-c3ccccc32)cc1[N+](=O)[O-]. The van der Waals surface area contributed by atoms with Gasteiger partial charge in [0.25, 0.3) is 5.69 Å². The van der Waals surface area contributed by atoms with Crippen molar-refractivity contribution >= 4 is 17.7 Å². The standard InChI is InChI=1S/C27H22N2O6/c30-26(31)16-19-13-12-18(15-25(19)29(33)34)7-5-6-14-28-27(32)35-17-24-22-10-3-1-8-20(22)21-9-2-4-11-23(21)24/h1-4,8-13,15,24H,6,14,16-17H2,(H,28,32)(H,30,31). The zero-order valence-corrected chi connectivity index (χ0v) is 18.7. The summed E-state index contributed by atoms with van der Waals surface area (Å²) < 4.78 is 5.47. The van der Waals surface area contributed by atoms with Crippen molar-refractivity contribution in [2.75, 3.05) is 13.2 Å². The van der Waals surface area contributed by atoms with E-state index in [1.165, 1.54) is 18.2 Å². The van der Waals surface area contributed by atoms with Gasteiger partial charge in [0.05, 0.1) is 11.3 Å². The van der Waals surface area contributed by atoms with Crippen LogP contribution in [0.3, 0.4) is 0 Å². The van der Waals surface area contributed by atoms with Crippen LogP contribution in [-0.2, 0) is 16.0 Å². The highest BCUT2D eigenvalue weighted by Gasteiger charge is 2.28. The summed E-state index contributed by atoms with van der Waals surface area (Å²) in [5.74, 6) is 4.48. The Hall–Kier alpha value is -4.64. The molecule has 1 aliphatic carbocycles. The highest BCUT2D eigenvalue weighted by molar-refractivity contribution is 5.79.